The van der Waals surface area contributed by atoms with Crippen molar-refractivity contribution in [2.45, 2.75) is 6.42 Å². The number of aromatic nitrogens is 1. The largest absolute Gasteiger partial charge is 0.351 e. The minimum Gasteiger partial charge on any atom is -0.351 e. The molecule has 1 fully saturated rings. The Morgan fingerprint density at radius 1 is 1.05 bits per heavy atom. The summed E-state index contributed by atoms with van der Waals surface area (Å²) in [5, 5.41) is 3.38. The van der Waals surface area contributed by atoms with Crippen LogP contribution in [0, 0.1) is 0 Å². The first-order valence-electron chi connectivity index (χ1n) is 7.67. The molecule has 2 aromatic rings. The fourth-order valence-electron chi connectivity index (χ4n) is 2.94. The second-order valence-electron chi connectivity index (χ2n) is 5.75. The number of anilines is 2. The van der Waals surface area contributed by atoms with Gasteiger partial charge in [-0.1, -0.05) is 30.3 Å². The van der Waals surface area contributed by atoms with E-state index in [9.17, 15) is 0 Å². The third-order valence-electron chi connectivity index (χ3n) is 4.39. The van der Waals surface area contributed by atoms with Gasteiger partial charge in [0, 0.05) is 24.8 Å². The molecule has 4 rings (SSSR count). The Labute approximate surface area is 125 Å². The summed E-state index contributed by atoms with van der Waals surface area (Å²) in [5.41, 5.74) is 3.64. The highest BCUT2D eigenvalue weighted by Gasteiger charge is 2.22. The van der Waals surface area contributed by atoms with Gasteiger partial charge in [-0.2, -0.15) is 0 Å². The van der Waals surface area contributed by atoms with Gasteiger partial charge in [-0.3, -0.25) is 0 Å². The summed E-state index contributed by atoms with van der Waals surface area (Å²) in [5.74, 6) is 1.01. The maximum absolute atomic E-state index is 4.58. The van der Waals surface area contributed by atoms with Crippen LogP contribution in [0.15, 0.2) is 42.6 Å². The number of benzene rings is 1. The Bertz CT molecular complexity index is 622. The van der Waals surface area contributed by atoms with Gasteiger partial charge >= 0.3 is 0 Å². The molecular formula is C17H20N4. The van der Waals surface area contributed by atoms with Gasteiger partial charge in [0.15, 0.2) is 5.82 Å². The van der Waals surface area contributed by atoms with Crippen molar-refractivity contribution in [3.8, 4) is 11.1 Å². The van der Waals surface area contributed by atoms with Crippen LogP contribution in [0.4, 0.5) is 11.5 Å². The smallest absolute Gasteiger partial charge is 0.151 e. The molecule has 4 nitrogen and oxygen atoms in total. The first kappa shape index (κ1) is 12.7. The van der Waals surface area contributed by atoms with E-state index in [-0.39, 0.29) is 0 Å². The summed E-state index contributed by atoms with van der Waals surface area (Å²) in [4.78, 5) is 9.48. The lowest BCUT2D eigenvalue weighted by Crippen LogP contribution is -2.42. The molecule has 1 aromatic carbocycles. The van der Waals surface area contributed by atoms with Gasteiger partial charge < -0.3 is 15.1 Å². The number of rotatable bonds is 4. The number of hydrogen-bond donors (Lipinski definition) is 1. The molecule has 0 amide bonds. The van der Waals surface area contributed by atoms with Crippen molar-refractivity contribution in [1.82, 2.24) is 9.88 Å². The average molecular weight is 280 g/mol. The molecule has 0 saturated carbocycles. The molecule has 1 saturated heterocycles. The molecule has 0 bridgehead atoms. The minimum absolute atomic E-state index is 0.869. The van der Waals surface area contributed by atoms with Gasteiger partial charge in [-0.25, -0.2) is 4.98 Å². The molecule has 1 aromatic heterocycles. The van der Waals surface area contributed by atoms with E-state index >= 15 is 0 Å². The quantitative estimate of drug-likeness (QED) is 0.933. The first-order chi connectivity index (χ1) is 10.4. The molecule has 0 spiro atoms. The van der Waals surface area contributed by atoms with Crippen LogP contribution in [-0.2, 0) is 0 Å². The minimum atomic E-state index is 0.869. The number of likely N-dealkylation sites (tertiary alicyclic amines) is 1. The summed E-state index contributed by atoms with van der Waals surface area (Å²) in [6.07, 6.45) is 3.31. The lowest BCUT2D eigenvalue weighted by atomic mass is 10.1. The maximum Gasteiger partial charge on any atom is 0.151 e. The van der Waals surface area contributed by atoms with Gasteiger partial charge in [0.2, 0.25) is 0 Å². The van der Waals surface area contributed by atoms with Gasteiger partial charge in [0.25, 0.3) is 0 Å². The van der Waals surface area contributed by atoms with Crippen LogP contribution in [-0.4, -0.2) is 42.7 Å². The predicted octanol–water partition coefficient (Wildman–Crippen LogP) is 2.64. The third kappa shape index (κ3) is 2.47. The van der Waals surface area contributed by atoms with E-state index in [0.717, 1.165) is 25.6 Å². The topological polar surface area (TPSA) is 31.4 Å². The second-order valence-corrected chi connectivity index (χ2v) is 5.75. The normalized spacial score (nSPS) is 17.2. The fraction of sp³-hybridized carbons (Fsp3) is 0.353. The Morgan fingerprint density at radius 3 is 2.67 bits per heavy atom. The molecule has 4 heteroatoms. The van der Waals surface area contributed by atoms with Gasteiger partial charge in [-0.05, 0) is 31.1 Å². The molecule has 3 heterocycles. The Hall–Kier alpha value is -2.07. The van der Waals surface area contributed by atoms with Crippen LogP contribution in [0.2, 0.25) is 0 Å². The summed E-state index contributed by atoms with van der Waals surface area (Å²) in [7, 11) is 0. The summed E-state index contributed by atoms with van der Waals surface area (Å²) >= 11 is 0. The lowest BCUT2D eigenvalue weighted by Gasteiger charge is -2.32. The molecule has 21 heavy (non-hydrogen) atoms. The highest BCUT2D eigenvalue weighted by Crippen LogP contribution is 2.33. The number of pyridine rings is 1. The van der Waals surface area contributed by atoms with E-state index < -0.39 is 0 Å². The Morgan fingerprint density at radius 2 is 1.90 bits per heavy atom. The van der Waals surface area contributed by atoms with Crippen molar-refractivity contribution < 1.29 is 0 Å². The van der Waals surface area contributed by atoms with E-state index in [1.165, 1.54) is 36.3 Å². The summed E-state index contributed by atoms with van der Waals surface area (Å²) in [6.45, 7) is 5.61. The monoisotopic (exact) mass is 280 g/mol. The number of nitrogens with zero attached hydrogens (tertiary/aromatic N) is 3. The van der Waals surface area contributed by atoms with Crippen LogP contribution < -0.4 is 10.2 Å². The van der Waals surface area contributed by atoms with Crippen LogP contribution in [0.5, 0.6) is 0 Å². The first-order valence-corrected chi connectivity index (χ1v) is 7.67. The van der Waals surface area contributed by atoms with E-state index in [1.807, 2.05) is 12.3 Å². The Balaban J connectivity index is 1.55. The molecule has 0 aliphatic carbocycles. The van der Waals surface area contributed by atoms with E-state index in [1.54, 1.807) is 0 Å². The molecule has 0 atom stereocenters. The van der Waals surface area contributed by atoms with E-state index in [2.05, 4.69) is 50.4 Å². The maximum atomic E-state index is 4.58. The van der Waals surface area contributed by atoms with Crippen LogP contribution in [0.25, 0.3) is 11.1 Å². The van der Waals surface area contributed by atoms with Crippen molar-refractivity contribution in [3.05, 3.63) is 42.6 Å². The van der Waals surface area contributed by atoms with Crippen molar-refractivity contribution in [3.63, 3.8) is 0 Å². The van der Waals surface area contributed by atoms with Crippen LogP contribution in [0.1, 0.15) is 6.42 Å². The lowest BCUT2D eigenvalue weighted by molar-refractivity contribution is 0.186. The Kier molecular flexibility index (Phi) is 3.24. The highest BCUT2D eigenvalue weighted by molar-refractivity contribution is 5.77. The van der Waals surface area contributed by atoms with Gasteiger partial charge in [0.1, 0.15) is 0 Å². The number of nitrogens with one attached hydrogen (secondary N) is 1. The second kappa shape index (κ2) is 5.37. The van der Waals surface area contributed by atoms with Gasteiger partial charge in [-0.15, -0.1) is 0 Å². The van der Waals surface area contributed by atoms with Crippen molar-refractivity contribution in [2.75, 3.05) is 43.1 Å². The van der Waals surface area contributed by atoms with E-state index in [4.69, 9.17) is 0 Å². The van der Waals surface area contributed by atoms with Crippen LogP contribution >= 0.6 is 0 Å². The van der Waals surface area contributed by atoms with Crippen molar-refractivity contribution in [2.24, 2.45) is 0 Å². The summed E-state index contributed by atoms with van der Waals surface area (Å²) in [6, 6.07) is 12.7. The number of fused-ring (bicyclic) bond motifs is 1. The van der Waals surface area contributed by atoms with Crippen molar-refractivity contribution in [1.29, 1.82) is 0 Å². The third-order valence-corrected chi connectivity index (χ3v) is 4.39. The molecule has 0 radical (unpaired) electrons. The zero-order valence-electron chi connectivity index (χ0n) is 12.1. The molecule has 2 aliphatic rings. The average Bonchev–Trinajstić information content (AvgIpc) is 2.89. The standard InChI is InChI=1S/C17H20N4/c1-2-5-14(6-3-1)15-11-16-17(18-12-15)19-13-21(16)10-9-20-7-4-8-20/h1-3,5-6,11-12H,4,7-10,13H2,(H,18,19). The SMILES string of the molecule is c1ccc(-c2cnc3c(c2)N(CCN2CCC2)CN3)cc1. The predicted molar refractivity (Wildman–Crippen MR) is 86.6 cm³/mol. The number of hydrogen-bond acceptors (Lipinski definition) is 4. The zero-order chi connectivity index (χ0) is 14.1. The highest BCUT2D eigenvalue weighted by atomic mass is 15.3. The molecule has 108 valence electrons. The van der Waals surface area contributed by atoms with E-state index in [0.29, 0.717) is 0 Å². The molecule has 0 unspecified atom stereocenters. The summed E-state index contributed by atoms with van der Waals surface area (Å²) < 4.78 is 0. The van der Waals surface area contributed by atoms with Crippen LogP contribution in [0.3, 0.4) is 0 Å². The molecule has 2 aliphatic heterocycles. The molecule has 1 N–H and O–H groups in total. The zero-order valence-corrected chi connectivity index (χ0v) is 12.1. The van der Waals surface area contributed by atoms with Crippen molar-refractivity contribution >= 4 is 11.5 Å². The fourth-order valence-corrected chi connectivity index (χ4v) is 2.94. The molecular weight excluding hydrogens is 260 g/mol. The van der Waals surface area contributed by atoms with Gasteiger partial charge in [0.05, 0.1) is 12.4 Å².